The zero-order chi connectivity index (χ0) is 21.9. The predicted molar refractivity (Wildman–Crippen MR) is 107 cm³/mol. The topological polar surface area (TPSA) is 205 Å². The molecule has 0 aromatic carbocycles. The molecule has 2 rings (SSSR count). The highest BCUT2D eigenvalue weighted by Crippen LogP contribution is 2.05. The summed E-state index contributed by atoms with van der Waals surface area (Å²) in [6.07, 6.45) is 7.76. The van der Waals surface area contributed by atoms with E-state index in [1.54, 1.807) is 6.20 Å². The fourth-order valence-electron chi connectivity index (χ4n) is 2.85. The molecule has 0 saturated carbocycles. The number of amides is 2. The van der Waals surface area contributed by atoms with Crippen LogP contribution in [0, 0.1) is 0 Å². The molecule has 3 unspecified atom stereocenters. The van der Waals surface area contributed by atoms with Crippen molar-refractivity contribution < 1.29 is 19.5 Å². The molecule has 9 N–H and O–H groups in total. The molecule has 0 spiro atoms. The van der Waals surface area contributed by atoms with Crippen molar-refractivity contribution in [2.45, 2.75) is 50.2 Å². The van der Waals surface area contributed by atoms with Crippen LogP contribution in [0.25, 0.3) is 0 Å². The minimum Gasteiger partial charge on any atom is -0.480 e. The SMILES string of the molecule is NCCCCC(NC(=O)C(Cc1cnc[nH]1)NC(=O)C(N)Cc1cnc[nH]1)C(=O)O. The Morgan fingerprint density at radius 3 is 2.10 bits per heavy atom. The lowest BCUT2D eigenvalue weighted by Crippen LogP contribution is -2.55. The summed E-state index contributed by atoms with van der Waals surface area (Å²) in [5, 5.41) is 14.5. The van der Waals surface area contributed by atoms with Crippen LogP contribution >= 0.6 is 0 Å². The van der Waals surface area contributed by atoms with Gasteiger partial charge < -0.3 is 37.2 Å². The minimum absolute atomic E-state index is 0.101. The van der Waals surface area contributed by atoms with E-state index >= 15 is 0 Å². The molecule has 2 aromatic heterocycles. The summed E-state index contributed by atoms with van der Waals surface area (Å²) in [4.78, 5) is 50.3. The van der Waals surface area contributed by atoms with Crippen molar-refractivity contribution in [3.05, 3.63) is 36.4 Å². The first kappa shape index (κ1) is 23.0. The number of carboxylic acids is 1. The van der Waals surface area contributed by atoms with Crippen LogP contribution in [-0.4, -0.2) is 67.5 Å². The van der Waals surface area contributed by atoms with E-state index in [-0.39, 0.29) is 19.3 Å². The van der Waals surface area contributed by atoms with E-state index in [1.165, 1.54) is 18.9 Å². The maximum atomic E-state index is 12.8. The van der Waals surface area contributed by atoms with Gasteiger partial charge in [0.15, 0.2) is 0 Å². The average Bonchev–Trinajstić information content (AvgIpc) is 3.40. The molecule has 0 bridgehead atoms. The van der Waals surface area contributed by atoms with Gasteiger partial charge in [-0.25, -0.2) is 14.8 Å². The van der Waals surface area contributed by atoms with Crippen LogP contribution in [0.5, 0.6) is 0 Å². The van der Waals surface area contributed by atoms with Crippen molar-refractivity contribution >= 4 is 17.8 Å². The molecule has 30 heavy (non-hydrogen) atoms. The van der Waals surface area contributed by atoms with Crippen LogP contribution in [0.1, 0.15) is 30.7 Å². The van der Waals surface area contributed by atoms with Gasteiger partial charge in [0.2, 0.25) is 11.8 Å². The Bertz CT molecular complexity index is 793. The van der Waals surface area contributed by atoms with E-state index < -0.39 is 35.9 Å². The monoisotopic (exact) mass is 420 g/mol. The van der Waals surface area contributed by atoms with Crippen molar-refractivity contribution in [2.75, 3.05) is 6.54 Å². The minimum atomic E-state index is -1.15. The van der Waals surface area contributed by atoms with E-state index in [9.17, 15) is 19.5 Å². The summed E-state index contributed by atoms with van der Waals surface area (Å²) in [6.45, 7) is 0.438. The number of aromatic nitrogens is 4. The third kappa shape index (κ3) is 7.29. The Morgan fingerprint density at radius 2 is 1.57 bits per heavy atom. The largest absolute Gasteiger partial charge is 0.480 e. The smallest absolute Gasteiger partial charge is 0.326 e. The van der Waals surface area contributed by atoms with Crippen LogP contribution in [-0.2, 0) is 27.2 Å². The first-order valence-electron chi connectivity index (χ1n) is 9.64. The van der Waals surface area contributed by atoms with Crippen molar-refractivity contribution in [1.82, 2.24) is 30.6 Å². The lowest BCUT2D eigenvalue weighted by atomic mass is 10.1. The molecule has 12 heteroatoms. The number of carbonyl (C=O) groups excluding carboxylic acids is 2. The summed E-state index contributed by atoms with van der Waals surface area (Å²) in [5.41, 5.74) is 12.7. The second-order valence-corrected chi connectivity index (χ2v) is 6.91. The first-order chi connectivity index (χ1) is 14.4. The second-order valence-electron chi connectivity index (χ2n) is 6.91. The van der Waals surface area contributed by atoms with Gasteiger partial charge in [0.25, 0.3) is 0 Å². The molecule has 2 amide bonds. The molecule has 0 aliphatic heterocycles. The molecule has 0 fully saturated rings. The average molecular weight is 420 g/mol. The molecule has 2 heterocycles. The Kier molecular flexibility index (Phi) is 8.97. The van der Waals surface area contributed by atoms with Crippen molar-refractivity contribution in [2.24, 2.45) is 11.5 Å². The number of carbonyl (C=O) groups is 3. The summed E-state index contributed by atoms with van der Waals surface area (Å²) in [5.74, 6) is -2.31. The highest BCUT2D eigenvalue weighted by molar-refractivity contribution is 5.92. The Balaban J connectivity index is 2.04. The molecular formula is C18H28N8O4. The van der Waals surface area contributed by atoms with Crippen LogP contribution in [0.4, 0.5) is 0 Å². The van der Waals surface area contributed by atoms with Crippen LogP contribution < -0.4 is 22.1 Å². The van der Waals surface area contributed by atoms with Gasteiger partial charge in [-0.15, -0.1) is 0 Å². The molecule has 164 valence electrons. The van der Waals surface area contributed by atoms with E-state index in [2.05, 4.69) is 30.6 Å². The number of H-pyrrole nitrogens is 2. The zero-order valence-electron chi connectivity index (χ0n) is 16.5. The van der Waals surface area contributed by atoms with Crippen LogP contribution in [0.15, 0.2) is 25.0 Å². The molecule has 0 saturated heterocycles. The van der Waals surface area contributed by atoms with Gasteiger partial charge in [-0.05, 0) is 25.8 Å². The Morgan fingerprint density at radius 1 is 0.967 bits per heavy atom. The number of aliphatic carboxylic acids is 1. The number of unbranched alkanes of at least 4 members (excludes halogenated alkanes) is 1. The van der Waals surface area contributed by atoms with Crippen molar-refractivity contribution in [3.63, 3.8) is 0 Å². The molecule has 12 nitrogen and oxygen atoms in total. The van der Waals surface area contributed by atoms with E-state index in [0.29, 0.717) is 30.8 Å². The summed E-state index contributed by atoms with van der Waals surface area (Å²) in [6, 6.07) is -3.02. The number of aromatic amines is 2. The molecule has 0 aliphatic carbocycles. The van der Waals surface area contributed by atoms with Gasteiger partial charge in [0.05, 0.1) is 18.7 Å². The predicted octanol–water partition coefficient (Wildman–Crippen LogP) is -1.57. The fraction of sp³-hybridized carbons (Fsp3) is 0.500. The third-order valence-electron chi connectivity index (χ3n) is 4.50. The van der Waals surface area contributed by atoms with Gasteiger partial charge >= 0.3 is 5.97 Å². The lowest BCUT2D eigenvalue weighted by molar-refractivity contribution is -0.142. The van der Waals surface area contributed by atoms with Gasteiger partial charge in [-0.3, -0.25) is 9.59 Å². The third-order valence-corrected chi connectivity index (χ3v) is 4.50. The molecular weight excluding hydrogens is 392 g/mol. The summed E-state index contributed by atoms with van der Waals surface area (Å²) < 4.78 is 0. The van der Waals surface area contributed by atoms with Gasteiger partial charge in [-0.1, -0.05) is 0 Å². The van der Waals surface area contributed by atoms with E-state index in [1.807, 2.05) is 0 Å². The highest BCUT2D eigenvalue weighted by Gasteiger charge is 2.28. The number of hydrogen-bond acceptors (Lipinski definition) is 7. The quantitative estimate of drug-likeness (QED) is 0.188. The number of carboxylic acid groups (broad SMARTS) is 1. The van der Waals surface area contributed by atoms with Crippen molar-refractivity contribution in [3.8, 4) is 0 Å². The number of imidazole rings is 2. The number of rotatable bonds is 13. The van der Waals surface area contributed by atoms with Gasteiger partial charge in [0.1, 0.15) is 12.1 Å². The standard InChI is InChI=1S/C18H28N8O4/c19-4-2-1-3-14(18(29)30)25-17(28)15(6-12-8-22-10-24-12)26-16(27)13(20)5-11-7-21-9-23-11/h7-10,13-15H,1-6,19-20H2,(H,21,23)(H,22,24)(H,25,28)(H,26,27)(H,29,30). The van der Waals surface area contributed by atoms with Crippen molar-refractivity contribution in [1.29, 1.82) is 0 Å². The Labute approximate surface area is 173 Å². The highest BCUT2D eigenvalue weighted by atomic mass is 16.4. The number of nitrogens with two attached hydrogens (primary N) is 2. The first-order valence-corrected chi connectivity index (χ1v) is 9.64. The molecule has 0 radical (unpaired) electrons. The summed E-state index contributed by atoms with van der Waals surface area (Å²) >= 11 is 0. The summed E-state index contributed by atoms with van der Waals surface area (Å²) in [7, 11) is 0. The maximum Gasteiger partial charge on any atom is 0.326 e. The Hall–Kier alpha value is -3.25. The fourth-order valence-corrected chi connectivity index (χ4v) is 2.85. The zero-order valence-corrected chi connectivity index (χ0v) is 16.5. The van der Waals surface area contributed by atoms with E-state index in [0.717, 1.165) is 0 Å². The second kappa shape index (κ2) is 11.7. The van der Waals surface area contributed by atoms with Gasteiger partial charge in [0, 0.05) is 36.6 Å². The lowest BCUT2D eigenvalue weighted by Gasteiger charge is -2.22. The number of hydrogen-bond donors (Lipinski definition) is 7. The molecule has 3 atom stereocenters. The molecule has 2 aromatic rings. The number of nitrogens with zero attached hydrogens (tertiary/aromatic N) is 2. The van der Waals surface area contributed by atoms with Crippen LogP contribution in [0.3, 0.4) is 0 Å². The molecule has 0 aliphatic rings. The van der Waals surface area contributed by atoms with Crippen LogP contribution in [0.2, 0.25) is 0 Å². The van der Waals surface area contributed by atoms with Gasteiger partial charge in [-0.2, -0.15) is 0 Å². The maximum absolute atomic E-state index is 12.8. The number of nitrogens with one attached hydrogen (secondary N) is 4. The normalized spacial score (nSPS) is 13.9. The van der Waals surface area contributed by atoms with E-state index in [4.69, 9.17) is 11.5 Å².